The number of nitrogens with zero attached hydrogens (tertiary/aromatic N) is 1. The van der Waals surface area contributed by atoms with E-state index in [1.54, 1.807) is 0 Å². The molecule has 12 rings (SSSR count). The minimum Gasteiger partial charge on any atom is -0.455 e. The van der Waals surface area contributed by atoms with Gasteiger partial charge in [0, 0.05) is 33.4 Å². The number of furan rings is 1. The van der Waals surface area contributed by atoms with Crippen molar-refractivity contribution in [1.82, 2.24) is 0 Å². The lowest BCUT2D eigenvalue weighted by atomic mass is 9.95. The standard InChI is InChI=1S/C60H39NO/c1-3-11-42(12-4-1)53-18-9-16-45-21-23-46(38-57(45)53)40-25-30-49(31-26-40)61(51-34-35-54-48(37-51)24-22-44-15-7-8-17-52(44)54)50-32-27-41(28-33-50)47-29-36-59-58(39-47)56-20-10-19-55(60(56)62-59)43-13-5-2-6-14-43/h1-39H. The molecule has 0 amide bonds. The first-order chi connectivity index (χ1) is 30.7. The first kappa shape index (κ1) is 35.7. The highest BCUT2D eigenvalue weighted by atomic mass is 16.3. The Morgan fingerprint density at radius 3 is 1.50 bits per heavy atom. The number of rotatable bonds is 7. The van der Waals surface area contributed by atoms with Gasteiger partial charge in [-0.05, 0) is 126 Å². The molecule has 0 saturated heterocycles. The molecular weight excluding hydrogens is 751 g/mol. The van der Waals surface area contributed by atoms with Gasteiger partial charge in [0.15, 0.2) is 0 Å². The monoisotopic (exact) mass is 789 g/mol. The van der Waals surface area contributed by atoms with Gasteiger partial charge in [-0.25, -0.2) is 0 Å². The van der Waals surface area contributed by atoms with Crippen molar-refractivity contribution in [3.63, 3.8) is 0 Å². The Kier molecular flexibility index (Phi) is 8.53. The molecule has 0 bridgehead atoms. The van der Waals surface area contributed by atoms with Gasteiger partial charge >= 0.3 is 0 Å². The molecule has 0 atom stereocenters. The number of hydrogen-bond donors (Lipinski definition) is 0. The zero-order valence-electron chi connectivity index (χ0n) is 33.9. The van der Waals surface area contributed by atoms with Gasteiger partial charge in [-0.3, -0.25) is 0 Å². The molecule has 12 aromatic rings. The maximum Gasteiger partial charge on any atom is 0.143 e. The molecule has 0 spiro atoms. The second kappa shape index (κ2) is 14.8. The first-order valence-electron chi connectivity index (χ1n) is 21.2. The summed E-state index contributed by atoms with van der Waals surface area (Å²) in [4.78, 5) is 2.37. The van der Waals surface area contributed by atoms with E-state index in [1.807, 2.05) is 6.07 Å². The average molecular weight is 790 g/mol. The molecule has 0 fully saturated rings. The fourth-order valence-electron chi connectivity index (χ4n) is 9.34. The molecule has 2 nitrogen and oxygen atoms in total. The smallest absolute Gasteiger partial charge is 0.143 e. The van der Waals surface area contributed by atoms with E-state index >= 15 is 0 Å². The summed E-state index contributed by atoms with van der Waals surface area (Å²) < 4.78 is 6.50. The molecule has 11 aromatic carbocycles. The Balaban J connectivity index is 0.933. The van der Waals surface area contributed by atoms with Crippen LogP contribution >= 0.6 is 0 Å². The average Bonchev–Trinajstić information content (AvgIpc) is 3.73. The summed E-state index contributed by atoms with van der Waals surface area (Å²) in [6.45, 7) is 0. The summed E-state index contributed by atoms with van der Waals surface area (Å²) in [6.07, 6.45) is 0. The lowest BCUT2D eigenvalue weighted by Gasteiger charge is -2.26. The van der Waals surface area contributed by atoms with Crippen LogP contribution in [-0.2, 0) is 0 Å². The van der Waals surface area contributed by atoms with Crippen molar-refractivity contribution < 1.29 is 4.42 Å². The Labute approximate surface area is 360 Å². The lowest BCUT2D eigenvalue weighted by Crippen LogP contribution is -2.09. The number of fused-ring (bicyclic) bond motifs is 7. The van der Waals surface area contributed by atoms with E-state index in [-0.39, 0.29) is 0 Å². The predicted octanol–water partition coefficient (Wildman–Crippen LogP) is 17.2. The summed E-state index contributed by atoms with van der Waals surface area (Å²) in [6, 6.07) is 85.4. The zero-order chi connectivity index (χ0) is 41.0. The second-order valence-corrected chi connectivity index (χ2v) is 16.1. The highest BCUT2D eigenvalue weighted by Gasteiger charge is 2.17. The third kappa shape index (κ3) is 6.20. The number of hydrogen-bond acceptors (Lipinski definition) is 2. The molecule has 2 heteroatoms. The van der Waals surface area contributed by atoms with Gasteiger partial charge in [0.1, 0.15) is 11.2 Å². The van der Waals surface area contributed by atoms with E-state index in [4.69, 9.17) is 4.42 Å². The molecule has 0 N–H and O–H groups in total. The topological polar surface area (TPSA) is 16.4 Å². The Bertz CT molecular complexity index is 3610. The van der Waals surface area contributed by atoms with Gasteiger partial charge < -0.3 is 9.32 Å². The molecule has 0 aliphatic heterocycles. The third-order valence-corrected chi connectivity index (χ3v) is 12.5. The molecule has 1 heterocycles. The molecule has 0 aliphatic carbocycles. The van der Waals surface area contributed by atoms with Gasteiger partial charge in [-0.2, -0.15) is 0 Å². The van der Waals surface area contributed by atoms with Crippen LogP contribution < -0.4 is 4.90 Å². The van der Waals surface area contributed by atoms with Crippen LogP contribution in [0.1, 0.15) is 0 Å². The van der Waals surface area contributed by atoms with Crippen LogP contribution in [0, 0.1) is 0 Å². The Hall–Kier alpha value is -8.20. The van der Waals surface area contributed by atoms with Gasteiger partial charge in [-0.1, -0.05) is 182 Å². The van der Waals surface area contributed by atoms with Crippen molar-refractivity contribution in [2.45, 2.75) is 0 Å². The minimum absolute atomic E-state index is 0.891. The summed E-state index contributed by atoms with van der Waals surface area (Å²) >= 11 is 0. The molecule has 0 radical (unpaired) electrons. The molecule has 62 heavy (non-hydrogen) atoms. The molecule has 0 unspecified atom stereocenters. The van der Waals surface area contributed by atoms with E-state index in [0.717, 1.165) is 61.3 Å². The maximum absolute atomic E-state index is 6.50. The van der Waals surface area contributed by atoms with Gasteiger partial charge in [0.25, 0.3) is 0 Å². The van der Waals surface area contributed by atoms with E-state index in [1.165, 1.54) is 54.6 Å². The molecule has 0 aliphatic rings. The van der Waals surface area contributed by atoms with Crippen LogP contribution in [0.4, 0.5) is 17.1 Å². The molecular formula is C60H39NO. The van der Waals surface area contributed by atoms with Crippen LogP contribution in [0.5, 0.6) is 0 Å². The van der Waals surface area contributed by atoms with E-state index in [2.05, 4.69) is 235 Å². The fourth-order valence-corrected chi connectivity index (χ4v) is 9.34. The zero-order valence-corrected chi connectivity index (χ0v) is 33.9. The number of benzene rings is 11. The van der Waals surface area contributed by atoms with Crippen LogP contribution in [0.3, 0.4) is 0 Å². The fraction of sp³-hybridized carbons (Fsp3) is 0. The summed E-state index contributed by atoms with van der Waals surface area (Å²) in [5.74, 6) is 0. The van der Waals surface area contributed by atoms with Gasteiger partial charge in [-0.15, -0.1) is 0 Å². The minimum atomic E-state index is 0.891. The van der Waals surface area contributed by atoms with Crippen molar-refractivity contribution >= 4 is 71.3 Å². The number of anilines is 3. The quantitative estimate of drug-likeness (QED) is 0.150. The van der Waals surface area contributed by atoms with Crippen LogP contribution in [0.25, 0.3) is 98.8 Å². The van der Waals surface area contributed by atoms with Crippen molar-refractivity contribution in [3.05, 3.63) is 237 Å². The van der Waals surface area contributed by atoms with Crippen molar-refractivity contribution in [3.8, 4) is 44.5 Å². The van der Waals surface area contributed by atoms with E-state index in [9.17, 15) is 0 Å². The molecule has 290 valence electrons. The summed E-state index contributed by atoms with van der Waals surface area (Å²) in [5, 5.41) is 9.71. The maximum atomic E-state index is 6.50. The normalized spacial score (nSPS) is 11.5. The van der Waals surface area contributed by atoms with Crippen molar-refractivity contribution in [1.29, 1.82) is 0 Å². The first-order valence-corrected chi connectivity index (χ1v) is 21.2. The largest absolute Gasteiger partial charge is 0.455 e. The van der Waals surface area contributed by atoms with E-state index < -0.39 is 0 Å². The van der Waals surface area contributed by atoms with Crippen LogP contribution in [0.2, 0.25) is 0 Å². The summed E-state index contributed by atoms with van der Waals surface area (Å²) in [7, 11) is 0. The number of para-hydroxylation sites is 1. The van der Waals surface area contributed by atoms with Crippen LogP contribution in [0.15, 0.2) is 241 Å². The van der Waals surface area contributed by atoms with Crippen LogP contribution in [-0.4, -0.2) is 0 Å². The SMILES string of the molecule is c1ccc(-c2cccc3ccc(-c4ccc(N(c5ccc(-c6ccc7oc8c(-c9ccccc9)cccc8c7c6)cc5)c5ccc6c(ccc7ccccc76)c5)cc4)cc23)cc1. The Morgan fingerprint density at radius 1 is 0.258 bits per heavy atom. The Morgan fingerprint density at radius 2 is 0.758 bits per heavy atom. The summed E-state index contributed by atoms with van der Waals surface area (Å²) in [5.41, 5.74) is 14.5. The predicted molar refractivity (Wildman–Crippen MR) is 263 cm³/mol. The highest BCUT2D eigenvalue weighted by molar-refractivity contribution is 6.11. The molecule has 0 saturated carbocycles. The lowest BCUT2D eigenvalue weighted by molar-refractivity contribution is 0.670. The van der Waals surface area contributed by atoms with Gasteiger partial charge in [0.05, 0.1) is 0 Å². The van der Waals surface area contributed by atoms with Crippen molar-refractivity contribution in [2.75, 3.05) is 4.90 Å². The van der Waals surface area contributed by atoms with Crippen molar-refractivity contribution in [2.24, 2.45) is 0 Å². The highest BCUT2D eigenvalue weighted by Crippen LogP contribution is 2.41. The van der Waals surface area contributed by atoms with Gasteiger partial charge in [0.2, 0.25) is 0 Å². The molecule has 1 aromatic heterocycles. The van der Waals surface area contributed by atoms with E-state index in [0.29, 0.717) is 0 Å². The second-order valence-electron chi connectivity index (χ2n) is 16.1. The third-order valence-electron chi connectivity index (χ3n) is 12.5.